The summed E-state index contributed by atoms with van der Waals surface area (Å²) in [6, 6.07) is 10.9. The summed E-state index contributed by atoms with van der Waals surface area (Å²) in [5.41, 5.74) is 3.91. The lowest BCUT2D eigenvalue weighted by Gasteiger charge is -2.40. The number of rotatable bonds is 2. The largest absolute Gasteiger partial charge is 0.370 e. The highest BCUT2D eigenvalue weighted by molar-refractivity contribution is 7.14. The molecule has 28 heavy (non-hydrogen) atoms. The van der Waals surface area contributed by atoms with Gasteiger partial charge < -0.3 is 15.4 Å². The monoisotopic (exact) mass is 418 g/mol. The van der Waals surface area contributed by atoms with Gasteiger partial charge in [-0.2, -0.15) is 0 Å². The van der Waals surface area contributed by atoms with Crippen molar-refractivity contribution in [2.24, 2.45) is 0 Å². The minimum absolute atomic E-state index is 0. The standard InChI is InChI=1S/C22H26N2O2S.ClH/c25-21(24-17-6-5-15-3-1-2-4-16(15)13-17)20-14-18-19(27-20)7-12-26-22(18)8-10-23-11-9-22;/h1-4,14,17,23H,5-13H2,(H,24,25);1H. The maximum Gasteiger partial charge on any atom is 0.261 e. The summed E-state index contributed by atoms with van der Waals surface area (Å²) >= 11 is 1.67. The van der Waals surface area contributed by atoms with Gasteiger partial charge in [-0.1, -0.05) is 24.3 Å². The van der Waals surface area contributed by atoms with E-state index in [1.54, 1.807) is 11.3 Å². The predicted octanol–water partition coefficient (Wildman–Crippen LogP) is 3.61. The molecule has 2 aliphatic heterocycles. The van der Waals surface area contributed by atoms with Crippen molar-refractivity contribution < 1.29 is 9.53 Å². The molecule has 2 aromatic rings. The van der Waals surface area contributed by atoms with Gasteiger partial charge in [-0.3, -0.25) is 4.79 Å². The summed E-state index contributed by atoms with van der Waals surface area (Å²) in [7, 11) is 0. The second-order valence-electron chi connectivity index (χ2n) is 7.97. The van der Waals surface area contributed by atoms with Gasteiger partial charge in [-0.05, 0) is 68.0 Å². The smallest absolute Gasteiger partial charge is 0.261 e. The number of amides is 1. The molecule has 1 saturated heterocycles. The van der Waals surface area contributed by atoms with Crippen LogP contribution in [0.5, 0.6) is 0 Å². The molecule has 1 amide bonds. The van der Waals surface area contributed by atoms with Crippen molar-refractivity contribution >= 4 is 29.7 Å². The van der Waals surface area contributed by atoms with Gasteiger partial charge in [0.1, 0.15) is 0 Å². The van der Waals surface area contributed by atoms with Crippen LogP contribution in [0.2, 0.25) is 0 Å². The molecule has 150 valence electrons. The van der Waals surface area contributed by atoms with Crippen LogP contribution in [0.4, 0.5) is 0 Å². The van der Waals surface area contributed by atoms with Crippen LogP contribution in [0.15, 0.2) is 30.3 Å². The molecule has 4 nitrogen and oxygen atoms in total. The number of hydrogen-bond acceptors (Lipinski definition) is 4. The molecule has 1 atom stereocenters. The van der Waals surface area contributed by atoms with E-state index in [0.29, 0.717) is 0 Å². The molecule has 0 bridgehead atoms. The number of aryl methyl sites for hydroxylation is 1. The molecule has 1 aliphatic carbocycles. The molecule has 1 spiro atoms. The highest BCUT2D eigenvalue weighted by Crippen LogP contribution is 2.43. The van der Waals surface area contributed by atoms with Crippen molar-refractivity contribution in [3.05, 3.63) is 56.8 Å². The van der Waals surface area contributed by atoms with Crippen molar-refractivity contribution in [3.63, 3.8) is 0 Å². The van der Waals surface area contributed by atoms with Gasteiger partial charge in [0, 0.05) is 17.3 Å². The number of carbonyl (C=O) groups excluding carboxylic acids is 1. The van der Waals surface area contributed by atoms with Crippen LogP contribution < -0.4 is 10.6 Å². The first-order chi connectivity index (χ1) is 13.2. The summed E-state index contributed by atoms with van der Waals surface area (Å²) in [4.78, 5) is 15.2. The maximum atomic E-state index is 13.0. The zero-order valence-electron chi connectivity index (χ0n) is 16.0. The van der Waals surface area contributed by atoms with Gasteiger partial charge >= 0.3 is 0 Å². The lowest BCUT2D eigenvalue weighted by atomic mass is 9.83. The molecule has 1 aromatic carbocycles. The van der Waals surface area contributed by atoms with Gasteiger partial charge in [-0.15, -0.1) is 23.7 Å². The van der Waals surface area contributed by atoms with Crippen LogP contribution in [-0.2, 0) is 29.6 Å². The molecule has 3 heterocycles. The number of thiophene rings is 1. The molecular weight excluding hydrogens is 392 g/mol. The highest BCUT2D eigenvalue weighted by atomic mass is 35.5. The second kappa shape index (κ2) is 8.15. The SMILES string of the molecule is Cl.O=C(NC1CCc2ccccc2C1)c1cc2c(s1)CCOC21CCNCC1. The van der Waals surface area contributed by atoms with Gasteiger partial charge in [0.15, 0.2) is 0 Å². The Balaban J connectivity index is 0.00000192. The van der Waals surface area contributed by atoms with E-state index in [1.165, 1.54) is 21.6 Å². The van der Waals surface area contributed by atoms with Gasteiger partial charge in [-0.25, -0.2) is 0 Å². The van der Waals surface area contributed by atoms with E-state index >= 15 is 0 Å². The lowest BCUT2D eigenvalue weighted by Crippen LogP contribution is -2.44. The third-order valence-electron chi connectivity index (χ3n) is 6.32. The number of fused-ring (bicyclic) bond motifs is 3. The van der Waals surface area contributed by atoms with Gasteiger partial charge in [0.2, 0.25) is 0 Å². The average Bonchev–Trinajstić information content (AvgIpc) is 3.15. The third-order valence-corrected chi connectivity index (χ3v) is 7.52. The zero-order chi connectivity index (χ0) is 18.3. The second-order valence-corrected chi connectivity index (χ2v) is 9.11. The quantitative estimate of drug-likeness (QED) is 0.783. The van der Waals surface area contributed by atoms with Crippen molar-refractivity contribution in [3.8, 4) is 0 Å². The van der Waals surface area contributed by atoms with Gasteiger partial charge in [0.05, 0.1) is 17.1 Å². The molecule has 3 aliphatic rings. The molecule has 1 aromatic heterocycles. The normalized spacial score (nSPS) is 22.6. The van der Waals surface area contributed by atoms with Gasteiger partial charge in [0.25, 0.3) is 5.91 Å². The number of halogens is 1. The summed E-state index contributed by atoms with van der Waals surface area (Å²) in [6.45, 7) is 2.74. The summed E-state index contributed by atoms with van der Waals surface area (Å²) < 4.78 is 6.25. The van der Waals surface area contributed by atoms with E-state index in [9.17, 15) is 4.79 Å². The first-order valence-electron chi connectivity index (χ1n) is 10.1. The van der Waals surface area contributed by atoms with Crippen LogP contribution in [0.25, 0.3) is 0 Å². The first kappa shape index (κ1) is 19.9. The van der Waals surface area contributed by atoms with E-state index in [0.717, 1.165) is 63.1 Å². The Morgan fingerprint density at radius 2 is 1.96 bits per heavy atom. The predicted molar refractivity (Wildman–Crippen MR) is 115 cm³/mol. The number of ether oxygens (including phenoxy) is 1. The molecule has 0 radical (unpaired) electrons. The number of piperidine rings is 1. The van der Waals surface area contributed by atoms with Crippen LogP contribution in [0.1, 0.15) is 50.5 Å². The molecule has 1 unspecified atom stereocenters. The summed E-state index contributed by atoms with van der Waals surface area (Å²) in [5, 5.41) is 6.72. The van der Waals surface area contributed by atoms with Crippen LogP contribution in [-0.4, -0.2) is 31.6 Å². The maximum absolute atomic E-state index is 13.0. The molecule has 1 fully saturated rings. The molecule has 5 rings (SSSR count). The summed E-state index contributed by atoms with van der Waals surface area (Å²) in [6.07, 6.45) is 5.93. The van der Waals surface area contributed by atoms with Crippen LogP contribution in [0, 0.1) is 0 Å². The van der Waals surface area contributed by atoms with Crippen molar-refractivity contribution in [1.82, 2.24) is 10.6 Å². The number of benzene rings is 1. The minimum Gasteiger partial charge on any atom is -0.370 e. The Bertz CT molecular complexity index is 860. The Morgan fingerprint density at radius 3 is 2.79 bits per heavy atom. The van der Waals surface area contributed by atoms with E-state index in [-0.39, 0.29) is 30.0 Å². The van der Waals surface area contributed by atoms with E-state index < -0.39 is 0 Å². The topological polar surface area (TPSA) is 50.4 Å². The van der Waals surface area contributed by atoms with Crippen LogP contribution >= 0.6 is 23.7 Å². The number of nitrogens with one attached hydrogen (secondary N) is 2. The van der Waals surface area contributed by atoms with Crippen molar-refractivity contribution in [2.45, 2.75) is 50.2 Å². The molecular formula is C22H27ClN2O2S. The Kier molecular flexibility index (Phi) is 5.79. The molecule has 0 saturated carbocycles. The Morgan fingerprint density at radius 1 is 1.18 bits per heavy atom. The number of hydrogen-bond donors (Lipinski definition) is 2. The Labute approximate surface area is 176 Å². The fraction of sp³-hybridized carbons (Fsp3) is 0.500. The fourth-order valence-electron chi connectivity index (χ4n) is 4.85. The molecule has 6 heteroatoms. The third kappa shape index (κ3) is 3.61. The summed E-state index contributed by atoms with van der Waals surface area (Å²) in [5.74, 6) is 0.0860. The number of carbonyl (C=O) groups is 1. The van der Waals surface area contributed by atoms with E-state index in [2.05, 4.69) is 41.0 Å². The van der Waals surface area contributed by atoms with Crippen molar-refractivity contribution in [1.29, 1.82) is 0 Å². The van der Waals surface area contributed by atoms with Crippen molar-refractivity contribution in [2.75, 3.05) is 19.7 Å². The minimum atomic E-state index is -0.169. The van der Waals surface area contributed by atoms with E-state index in [4.69, 9.17) is 4.74 Å². The first-order valence-corrected chi connectivity index (χ1v) is 10.9. The average molecular weight is 419 g/mol. The van der Waals surface area contributed by atoms with E-state index in [1.807, 2.05) is 0 Å². The Hall–Kier alpha value is -1.40. The lowest BCUT2D eigenvalue weighted by molar-refractivity contribution is -0.0792. The zero-order valence-corrected chi connectivity index (χ0v) is 17.6. The fourth-order valence-corrected chi connectivity index (χ4v) is 5.98. The van der Waals surface area contributed by atoms with Crippen LogP contribution in [0.3, 0.4) is 0 Å². The highest BCUT2D eigenvalue weighted by Gasteiger charge is 2.40. The molecule has 2 N–H and O–H groups in total.